The molecule has 1 saturated carbocycles. The highest BCUT2D eigenvalue weighted by Gasteiger charge is 2.23. The molecule has 2 unspecified atom stereocenters. The summed E-state index contributed by atoms with van der Waals surface area (Å²) in [6.45, 7) is 2.28. The molecule has 4 heteroatoms. The monoisotopic (exact) mass is 235 g/mol. The highest BCUT2D eigenvalue weighted by molar-refractivity contribution is 7.80. The fourth-order valence-corrected chi connectivity index (χ4v) is 2.46. The summed E-state index contributed by atoms with van der Waals surface area (Å²) >= 11 is 5.03. The summed E-state index contributed by atoms with van der Waals surface area (Å²) in [5.41, 5.74) is 7.55. The first kappa shape index (κ1) is 11.3. The van der Waals surface area contributed by atoms with Gasteiger partial charge >= 0.3 is 0 Å². The first-order valence-electron chi connectivity index (χ1n) is 5.69. The molecule has 0 saturated heterocycles. The zero-order valence-corrected chi connectivity index (χ0v) is 10.3. The van der Waals surface area contributed by atoms with Gasteiger partial charge in [0.15, 0.2) is 0 Å². The van der Waals surface area contributed by atoms with Crippen molar-refractivity contribution in [2.75, 3.05) is 5.32 Å². The Balaban J connectivity index is 2.17. The van der Waals surface area contributed by atoms with E-state index in [1.807, 2.05) is 6.07 Å². The lowest BCUT2D eigenvalue weighted by atomic mass is 10.1. The molecule has 2 atom stereocenters. The number of pyridine rings is 1. The standard InChI is InChI=1S/C12H17N3S/c1-8-3-2-4-10(8)15-11-7-14-6-5-9(11)12(13)16/h5-8,10,15H,2-4H2,1H3,(H2,13,16). The lowest BCUT2D eigenvalue weighted by Crippen LogP contribution is -2.24. The van der Waals surface area contributed by atoms with Crippen molar-refractivity contribution in [1.29, 1.82) is 0 Å². The van der Waals surface area contributed by atoms with Crippen LogP contribution in [0.25, 0.3) is 0 Å². The Bertz CT molecular complexity index is 392. The van der Waals surface area contributed by atoms with Gasteiger partial charge in [0.25, 0.3) is 0 Å². The topological polar surface area (TPSA) is 50.9 Å². The van der Waals surface area contributed by atoms with Crippen molar-refractivity contribution in [1.82, 2.24) is 4.98 Å². The average molecular weight is 235 g/mol. The largest absolute Gasteiger partial charge is 0.389 e. The summed E-state index contributed by atoms with van der Waals surface area (Å²) in [5.74, 6) is 0.708. The van der Waals surface area contributed by atoms with Gasteiger partial charge in [-0.15, -0.1) is 0 Å². The zero-order chi connectivity index (χ0) is 11.5. The van der Waals surface area contributed by atoms with Crippen molar-refractivity contribution in [3.8, 4) is 0 Å². The maximum atomic E-state index is 5.69. The van der Waals surface area contributed by atoms with E-state index in [9.17, 15) is 0 Å². The molecule has 2 rings (SSSR count). The lowest BCUT2D eigenvalue weighted by Gasteiger charge is -2.20. The second kappa shape index (κ2) is 4.78. The van der Waals surface area contributed by atoms with Gasteiger partial charge in [0, 0.05) is 17.8 Å². The van der Waals surface area contributed by atoms with Gasteiger partial charge in [-0.3, -0.25) is 4.98 Å². The van der Waals surface area contributed by atoms with E-state index >= 15 is 0 Å². The molecule has 0 aromatic carbocycles. The first-order valence-corrected chi connectivity index (χ1v) is 6.09. The zero-order valence-electron chi connectivity index (χ0n) is 9.44. The van der Waals surface area contributed by atoms with E-state index in [-0.39, 0.29) is 0 Å². The molecule has 86 valence electrons. The van der Waals surface area contributed by atoms with Gasteiger partial charge in [-0.05, 0) is 24.8 Å². The Kier molecular flexibility index (Phi) is 3.39. The number of nitrogens with one attached hydrogen (secondary N) is 1. The van der Waals surface area contributed by atoms with E-state index in [0.29, 0.717) is 16.9 Å². The average Bonchev–Trinajstić information content (AvgIpc) is 2.65. The first-order chi connectivity index (χ1) is 7.68. The van der Waals surface area contributed by atoms with Crippen LogP contribution in [0.15, 0.2) is 18.5 Å². The van der Waals surface area contributed by atoms with Gasteiger partial charge in [-0.25, -0.2) is 0 Å². The molecule has 16 heavy (non-hydrogen) atoms. The van der Waals surface area contributed by atoms with E-state index in [1.54, 1.807) is 12.4 Å². The van der Waals surface area contributed by atoms with Crippen molar-refractivity contribution in [2.24, 2.45) is 11.7 Å². The molecule has 0 spiro atoms. The number of anilines is 1. The number of rotatable bonds is 3. The van der Waals surface area contributed by atoms with Crippen molar-refractivity contribution < 1.29 is 0 Å². The maximum absolute atomic E-state index is 5.69. The molecule has 1 aliphatic rings. The van der Waals surface area contributed by atoms with E-state index in [0.717, 1.165) is 11.3 Å². The SMILES string of the molecule is CC1CCCC1Nc1cnccc1C(N)=S. The Morgan fingerprint density at radius 3 is 3.00 bits per heavy atom. The van der Waals surface area contributed by atoms with Crippen LogP contribution in [0.1, 0.15) is 31.7 Å². The summed E-state index contributed by atoms with van der Waals surface area (Å²) in [4.78, 5) is 4.54. The third-order valence-electron chi connectivity index (χ3n) is 3.29. The molecule has 1 aromatic rings. The predicted molar refractivity (Wildman–Crippen MR) is 70.6 cm³/mol. The van der Waals surface area contributed by atoms with Crippen LogP contribution in [0.5, 0.6) is 0 Å². The van der Waals surface area contributed by atoms with Gasteiger partial charge in [0.1, 0.15) is 4.99 Å². The van der Waals surface area contributed by atoms with Gasteiger partial charge in [-0.1, -0.05) is 25.6 Å². The highest BCUT2D eigenvalue weighted by atomic mass is 32.1. The smallest absolute Gasteiger partial charge is 0.106 e. The van der Waals surface area contributed by atoms with E-state index in [4.69, 9.17) is 18.0 Å². The molecular weight excluding hydrogens is 218 g/mol. The van der Waals surface area contributed by atoms with Gasteiger partial charge in [0.05, 0.1) is 11.9 Å². The van der Waals surface area contributed by atoms with E-state index in [2.05, 4.69) is 17.2 Å². The number of thiocarbonyl (C=S) groups is 1. The summed E-state index contributed by atoms with van der Waals surface area (Å²) < 4.78 is 0. The third-order valence-corrected chi connectivity index (χ3v) is 3.51. The van der Waals surface area contributed by atoms with Crippen LogP contribution in [-0.4, -0.2) is 16.0 Å². The van der Waals surface area contributed by atoms with Crippen LogP contribution in [0.2, 0.25) is 0 Å². The second-order valence-electron chi connectivity index (χ2n) is 4.44. The summed E-state index contributed by atoms with van der Waals surface area (Å²) in [5, 5.41) is 3.51. The van der Waals surface area contributed by atoms with Crippen molar-refractivity contribution in [2.45, 2.75) is 32.2 Å². The normalized spacial score (nSPS) is 24.3. The molecule has 3 nitrogen and oxygen atoms in total. The maximum Gasteiger partial charge on any atom is 0.106 e. The Hall–Kier alpha value is -1.16. The van der Waals surface area contributed by atoms with Crippen LogP contribution in [-0.2, 0) is 0 Å². The van der Waals surface area contributed by atoms with Gasteiger partial charge in [0.2, 0.25) is 0 Å². The summed E-state index contributed by atoms with van der Waals surface area (Å²) in [7, 11) is 0. The molecule has 3 N–H and O–H groups in total. The number of hydrogen-bond acceptors (Lipinski definition) is 3. The highest BCUT2D eigenvalue weighted by Crippen LogP contribution is 2.28. The number of nitrogens with two attached hydrogens (primary N) is 1. The van der Waals surface area contributed by atoms with Crippen LogP contribution in [0.3, 0.4) is 0 Å². The number of hydrogen-bond donors (Lipinski definition) is 2. The molecule has 0 aliphatic heterocycles. The third kappa shape index (κ3) is 2.32. The van der Waals surface area contributed by atoms with Crippen molar-refractivity contribution >= 4 is 22.9 Å². The van der Waals surface area contributed by atoms with Crippen LogP contribution in [0.4, 0.5) is 5.69 Å². The number of nitrogens with zero attached hydrogens (tertiary/aromatic N) is 1. The van der Waals surface area contributed by atoms with Crippen molar-refractivity contribution in [3.05, 3.63) is 24.0 Å². The molecule has 1 aliphatic carbocycles. The van der Waals surface area contributed by atoms with E-state index < -0.39 is 0 Å². The number of aromatic nitrogens is 1. The molecule has 1 aromatic heterocycles. The Morgan fingerprint density at radius 1 is 1.56 bits per heavy atom. The van der Waals surface area contributed by atoms with Crippen molar-refractivity contribution in [3.63, 3.8) is 0 Å². The molecular formula is C12H17N3S. The fraction of sp³-hybridized carbons (Fsp3) is 0.500. The van der Waals surface area contributed by atoms with Crippen LogP contribution >= 0.6 is 12.2 Å². The summed E-state index contributed by atoms with van der Waals surface area (Å²) in [6.07, 6.45) is 7.33. The molecule has 0 bridgehead atoms. The second-order valence-corrected chi connectivity index (χ2v) is 4.88. The Morgan fingerprint density at radius 2 is 2.38 bits per heavy atom. The van der Waals surface area contributed by atoms with Gasteiger partial charge in [-0.2, -0.15) is 0 Å². The van der Waals surface area contributed by atoms with Crippen LogP contribution in [0, 0.1) is 5.92 Å². The molecule has 0 amide bonds. The van der Waals surface area contributed by atoms with Crippen LogP contribution < -0.4 is 11.1 Å². The minimum absolute atomic E-state index is 0.426. The molecule has 1 fully saturated rings. The summed E-state index contributed by atoms with van der Waals surface area (Å²) in [6, 6.07) is 2.39. The fourth-order valence-electron chi connectivity index (χ4n) is 2.28. The molecule has 0 radical (unpaired) electrons. The lowest BCUT2D eigenvalue weighted by molar-refractivity contribution is 0.556. The minimum atomic E-state index is 0.426. The quantitative estimate of drug-likeness (QED) is 0.789. The Labute approximate surface area is 101 Å². The minimum Gasteiger partial charge on any atom is -0.389 e. The van der Waals surface area contributed by atoms with E-state index in [1.165, 1.54) is 19.3 Å². The molecule has 1 heterocycles. The van der Waals surface area contributed by atoms with Gasteiger partial charge < -0.3 is 11.1 Å². The predicted octanol–water partition coefficient (Wildman–Crippen LogP) is 2.32.